The van der Waals surface area contributed by atoms with E-state index in [0.29, 0.717) is 6.54 Å². The minimum atomic E-state index is -0.136. The summed E-state index contributed by atoms with van der Waals surface area (Å²) in [7, 11) is 0. The summed E-state index contributed by atoms with van der Waals surface area (Å²) in [5.41, 5.74) is 4.33. The first kappa shape index (κ1) is 18.2. The van der Waals surface area contributed by atoms with Crippen molar-refractivity contribution in [1.29, 1.82) is 0 Å². The van der Waals surface area contributed by atoms with Crippen molar-refractivity contribution in [3.05, 3.63) is 57.3 Å². The van der Waals surface area contributed by atoms with Gasteiger partial charge in [0.25, 0.3) is 5.56 Å². The summed E-state index contributed by atoms with van der Waals surface area (Å²) in [5, 5.41) is 0. The first-order chi connectivity index (χ1) is 12.9. The molecule has 144 valence electrons. The average Bonchev–Trinajstić information content (AvgIpc) is 3.16. The normalized spacial score (nSPS) is 18.0. The lowest BCUT2D eigenvalue weighted by Gasteiger charge is -2.29. The van der Waals surface area contributed by atoms with E-state index in [9.17, 15) is 4.79 Å². The van der Waals surface area contributed by atoms with Gasteiger partial charge in [0.2, 0.25) is 0 Å². The second kappa shape index (κ2) is 7.12. The summed E-state index contributed by atoms with van der Waals surface area (Å²) in [5.74, 6) is 0.789. The van der Waals surface area contributed by atoms with Crippen LogP contribution in [0.25, 0.3) is 0 Å². The zero-order valence-corrected chi connectivity index (χ0v) is 16.7. The molecule has 2 aliphatic rings. The first-order valence-electron chi connectivity index (χ1n) is 10.1. The molecule has 0 unspecified atom stereocenters. The first-order valence-corrected chi connectivity index (χ1v) is 10.1. The number of hydrogen-bond donors (Lipinski definition) is 1. The molecule has 0 radical (unpaired) electrons. The molecule has 4 rings (SSSR count). The molecular formula is C22H30N4O. The zero-order valence-electron chi connectivity index (χ0n) is 16.7. The van der Waals surface area contributed by atoms with Crippen LogP contribution in [0.1, 0.15) is 56.3 Å². The summed E-state index contributed by atoms with van der Waals surface area (Å²) >= 11 is 0. The van der Waals surface area contributed by atoms with Crippen molar-refractivity contribution < 1.29 is 0 Å². The van der Waals surface area contributed by atoms with Gasteiger partial charge in [-0.1, -0.05) is 32.9 Å². The molecule has 1 fully saturated rings. The van der Waals surface area contributed by atoms with Crippen molar-refractivity contribution in [3.8, 4) is 0 Å². The minimum absolute atomic E-state index is 0.0269. The maximum absolute atomic E-state index is 12.6. The van der Waals surface area contributed by atoms with Gasteiger partial charge in [-0.3, -0.25) is 9.69 Å². The number of benzene rings is 1. The highest BCUT2D eigenvalue weighted by atomic mass is 16.1. The third-order valence-electron chi connectivity index (χ3n) is 5.67. The van der Waals surface area contributed by atoms with Gasteiger partial charge < -0.3 is 9.88 Å². The molecule has 0 atom stereocenters. The Bertz CT molecular complexity index is 857. The largest absolute Gasteiger partial charge is 0.372 e. The number of nitrogens with one attached hydrogen (secondary N) is 1. The SMILES string of the molecule is CC(C)(C)c1nc2c(c(=O)[nH]1)CN(Cc1ccc(N3CCCC3)cc1)CC2. The van der Waals surface area contributed by atoms with Crippen LogP contribution in [0.5, 0.6) is 0 Å². The van der Waals surface area contributed by atoms with Crippen molar-refractivity contribution >= 4 is 5.69 Å². The van der Waals surface area contributed by atoms with Crippen molar-refractivity contribution in [2.75, 3.05) is 24.5 Å². The van der Waals surface area contributed by atoms with Crippen LogP contribution in [-0.4, -0.2) is 34.5 Å². The fourth-order valence-corrected chi connectivity index (χ4v) is 4.02. The van der Waals surface area contributed by atoms with Crippen molar-refractivity contribution in [2.45, 2.75) is 58.5 Å². The van der Waals surface area contributed by atoms with E-state index in [2.05, 4.69) is 59.8 Å². The Balaban J connectivity index is 1.46. The Hall–Kier alpha value is -2.14. The van der Waals surface area contributed by atoms with E-state index in [1.165, 1.54) is 37.2 Å². The van der Waals surface area contributed by atoms with Crippen LogP contribution in [0.4, 0.5) is 5.69 Å². The van der Waals surface area contributed by atoms with Gasteiger partial charge in [-0.05, 0) is 30.5 Å². The summed E-state index contributed by atoms with van der Waals surface area (Å²) in [4.78, 5) is 25.2. The van der Waals surface area contributed by atoms with Crippen LogP contribution in [0.2, 0.25) is 0 Å². The number of rotatable bonds is 3. The number of fused-ring (bicyclic) bond motifs is 1. The summed E-state index contributed by atoms with van der Waals surface area (Å²) in [6, 6.07) is 8.94. The van der Waals surface area contributed by atoms with Crippen LogP contribution in [0.15, 0.2) is 29.1 Å². The fourth-order valence-electron chi connectivity index (χ4n) is 4.02. The van der Waals surface area contributed by atoms with E-state index in [0.717, 1.165) is 36.6 Å². The van der Waals surface area contributed by atoms with Gasteiger partial charge in [0.05, 0.1) is 11.3 Å². The lowest BCUT2D eigenvalue weighted by Crippen LogP contribution is -2.37. The number of H-pyrrole nitrogens is 1. The molecule has 0 amide bonds. The van der Waals surface area contributed by atoms with Gasteiger partial charge in [0, 0.05) is 50.2 Å². The zero-order chi connectivity index (χ0) is 19.0. The van der Waals surface area contributed by atoms with E-state index in [4.69, 9.17) is 4.98 Å². The Morgan fingerprint density at radius 2 is 1.78 bits per heavy atom. The van der Waals surface area contributed by atoms with Gasteiger partial charge in [-0.2, -0.15) is 0 Å². The molecule has 1 saturated heterocycles. The predicted molar refractivity (Wildman–Crippen MR) is 109 cm³/mol. The standard InChI is InChI=1S/C22H30N4O/c1-22(2,3)21-23-19-10-13-25(15-18(19)20(27)24-21)14-16-6-8-17(9-7-16)26-11-4-5-12-26/h6-9H,4-5,10-15H2,1-3H3,(H,23,24,27). The molecular weight excluding hydrogens is 336 g/mol. The Morgan fingerprint density at radius 3 is 2.44 bits per heavy atom. The number of aromatic nitrogens is 2. The fraction of sp³-hybridized carbons (Fsp3) is 0.545. The van der Waals surface area contributed by atoms with Crippen molar-refractivity contribution in [3.63, 3.8) is 0 Å². The van der Waals surface area contributed by atoms with E-state index >= 15 is 0 Å². The van der Waals surface area contributed by atoms with E-state index in [1.54, 1.807) is 0 Å². The third-order valence-corrected chi connectivity index (χ3v) is 5.67. The van der Waals surface area contributed by atoms with Gasteiger partial charge in [0.15, 0.2) is 0 Å². The Morgan fingerprint density at radius 1 is 1.07 bits per heavy atom. The summed E-state index contributed by atoms with van der Waals surface area (Å²) in [6.07, 6.45) is 3.44. The third kappa shape index (κ3) is 3.93. The molecule has 0 saturated carbocycles. The van der Waals surface area contributed by atoms with Gasteiger partial charge in [0.1, 0.15) is 5.82 Å². The topological polar surface area (TPSA) is 52.2 Å². The smallest absolute Gasteiger partial charge is 0.255 e. The molecule has 1 N–H and O–H groups in total. The average molecular weight is 367 g/mol. The number of aromatic amines is 1. The minimum Gasteiger partial charge on any atom is -0.372 e. The summed E-state index contributed by atoms with van der Waals surface area (Å²) in [6.45, 7) is 11.1. The summed E-state index contributed by atoms with van der Waals surface area (Å²) < 4.78 is 0. The molecule has 2 aromatic rings. The van der Waals surface area contributed by atoms with Crippen molar-refractivity contribution in [1.82, 2.24) is 14.9 Å². The molecule has 1 aromatic carbocycles. The van der Waals surface area contributed by atoms with E-state index in [1.807, 2.05) is 0 Å². The van der Waals surface area contributed by atoms with Gasteiger partial charge in [-0.25, -0.2) is 4.98 Å². The highest BCUT2D eigenvalue weighted by Gasteiger charge is 2.24. The molecule has 0 bridgehead atoms. The molecule has 5 nitrogen and oxygen atoms in total. The van der Waals surface area contributed by atoms with Crippen LogP contribution < -0.4 is 10.5 Å². The molecule has 2 aliphatic heterocycles. The van der Waals surface area contributed by atoms with Gasteiger partial charge in [-0.15, -0.1) is 0 Å². The molecule has 1 aromatic heterocycles. The highest BCUT2D eigenvalue weighted by Crippen LogP contribution is 2.23. The molecule has 3 heterocycles. The second-order valence-corrected chi connectivity index (χ2v) is 8.91. The Kier molecular flexibility index (Phi) is 4.81. The number of anilines is 1. The lowest BCUT2D eigenvalue weighted by atomic mass is 9.95. The highest BCUT2D eigenvalue weighted by molar-refractivity contribution is 5.48. The molecule has 5 heteroatoms. The maximum Gasteiger partial charge on any atom is 0.255 e. The van der Waals surface area contributed by atoms with E-state index in [-0.39, 0.29) is 11.0 Å². The molecule has 0 aliphatic carbocycles. The van der Waals surface area contributed by atoms with Crippen LogP contribution in [-0.2, 0) is 24.9 Å². The monoisotopic (exact) mass is 366 g/mol. The number of nitrogens with zero attached hydrogens (tertiary/aromatic N) is 3. The van der Waals surface area contributed by atoms with Gasteiger partial charge >= 0.3 is 0 Å². The Labute approximate surface area is 161 Å². The second-order valence-electron chi connectivity index (χ2n) is 8.91. The van der Waals surface area contributed by atoms with Crippen LogP contribution in [0.3, 0.4) is 0 Å². The molecule has 0 spiro atoms. The predicted octanol–water partition coefficient (Wildman–Crippen LogP) is 3.23. The number of hydrogen-bond acceptors (Lipinski definition) is 4. The van der Waals surface area contributed by atoms with Crippen molar-refractivity contribution in [2.24, 2.45) is 0 Å². The van der Waals surface area contributed by atoms with E-state index < -0.39 is 0 Å². The van der Waals surface area contributed by atoms with Crippen LogP contribution in [0, 0.1) is 0 Å². The lowest BCUT2D eigenvalue weighted by molar-refractivity contribution is 0.241. The van der Waals surface area contributed by atoms with Crippen LogP contribution >= 0.6 is 0 Å². The maximum atomic E-state index is 12.6. The quantitative estimate of drug-likeness (QED) is 0.906. The molecule has 27 heavy (non-hydrogen) atoms.